The van der Waals surface area contributed by atoms with Crippen LogP contribution in [0.3, 0.4) is 0 Å². The molecule has 2 saturated carbocycles. The highest BCUT2D eigenvalue weighted by atomic mass is 14.9. The van der Waals surface area contributed by atoms with E-state index < -0.39 is 0 Å². The Kier molecular flexibility index (Phi) is 4.77. The van der Waals surface area contributed by atoms with Gasteiger partial charge in [0.05, 0.1) is 0 Å². The van der Waals surface area contributed by atoms with Crippen molar-refractivity contribution in [1.82, 2.24) is 5.32 Å². The monoisotopic (exact) mass is 271 g/mol. The van der Waals surface area contributed by atoms with Crippen molar-refractivity contribution in [3.63, 3.8) is 0 Å². The molecule has 0 aromatic heterocycles. The minimum absolute atomic E-state index is 0.780. The molecule has 1 heteroatoms. The molecule has 0 bridgehead atoms. The molecule has 1 aromatic rings. The quantitative estimate of drug-likeness (QED) is 0.765. The molecule has 0 atom stereocenters. The molecule has 2 aliphatic carbocycles. The Hall–Kier alpha value is -0.820. The lowest BCUT2D eigenvalue weighted by atomic mass is 9.71. The van der Waals surface area contributed by atoms with E-state index in [4.69, 9.17) is 0 Å². The van der Waals surface area contributed by atoms with Crippen LogP contribution in [0.5, 0.6) is 0 Å². The molecule has 0 radical (unpaired) electrons. The molecule has 0 heterocycles. The highest BCUT2D eigenvalue weighted by Crippen LogP contribution is 2.48. The molecule has 0 amide bonds. The van der Waals surface area contributed by atoms with E-state index in [1.165, 1.54) is 76.3 Å². The van der Waals surface area contributed by atoms with Gasteiger partial charge in [-0.15, -0.1) is 0 Å². The summed E-state index contributed by atoms with van der Waals surface area (Å²) in [6.45, 7) is 1.19. The lowest BCUT2D eigenvalue weighted by Gasteiger charge is -2.37. The molecular formula is C19H29N. The third-order valence-corrected chi connectivity index (χ3v) is 5.63. The van der Waals surface area contributed by atoms with Crippen molar-refractivity contribution in [3.05, 3.63) is 35.9 Å². The van der Waals surface area contributed by atoms with Gasteiger partial charge in [-0.1, -0.05) is 43.2 Å². The zero-order chi connectivity index (χ0) is 13.7. The van der Waals surface area contributed by atoms with Gasteiger partial charge in [0.2, 0.25) is 0 Å². The molecule has 3 rings (SSSR count). The van der Waals surface area contributed by atoms with Crippen LogP contribution in [0.1, 0.15) is 63.4 Å². The van der Waals surface area contributed by atoms with Crippen molar-refractivity contribution in [2.45, 2.75) is 70.3 Å². The van der Waals surface area contributed by atoms with Crippen molar-refractivity contribution in [1.29, 1.82) is 0 Å². The van der Waals surface area contributed by atoms with Crippen molar-refractivity contribution in [3.8, 4) is 0 Å². The fourth-order valence-electron chi connectivity index (χ4n) is 4.30. The van der Waals surface area contributed by atoms with E-state index in [-0.39, 0.29) is 0 Å². The molecule has 110 valence electrons. The van der Waals surface area contributed by atoms with Crippen LogP contribution < -0.4 is 5.32 Å². The Morgan fingerprint density at radius 3 is 2.35 bits per heavy atom. The average molecular weight is 271 g/mol. The highest BCUT2D eigenvalue weighted by Gasteiger charge is 2.37. The van der Waals surface area contributed by atoms with E-state index in [0.29, 0.717) is 0 Å². The maximum Gasteiger partial charge on any atom is 0.00674 e. The number of nitrogens with one attached hydrogen (secondary N) is 1. The highest BCUT2D eigenvalue weighted by molar-refractivity contribution is 5.14. The van der Waals surface area contributed by atoms with Crippen LogP contribution in [0, 0.1) is 5.41 Å². The number of hydrogen-bond acceptors (Lipinski definition) is 1. The molecule has 2 aliphatic rings. The van der Waals surface area contributed by atoms with Gasteiger partial charge in [-0.2, -0.15) is 0 Å². The van der Waals surface area contributed by atoms with Gasteiger partial charge in [0.15, 0.2) is 0 Å². The van der Waals surface area contributed by atoms with Crippen molar-refractivity contribution in [2.75, 3.05) is 6.54 Å². The topological polar surface area (TPSA) is 12.0 Å². The van der Waals surface area contributed by atoms with Crippen LogP contribution in [0.2, 0.25) is 0 Å². The molecule has 1 N–H and O–H groups in total. The zero-order valence-corrected chi connectivity index (χ0v) is 12.7. The molecule has 1 nitrogen and oxygen atoms in total. The summed E-state index contributed by atoms with van der Waals surface area (Å²) in [5.41, 5.74) is 2.25. The predicted octanol–water partition coefficient (Wildman–Crippen LogP) is 4.71. The normalized spacial score (nSPS) is 22.4. The SMILES string of the molecule is c1ccc(CCCNC2CCC3(CCCC3)CC2)cc1. The Balaban J connectivity index is 1.32. The maximum atomic E-state index is 3.80. The lowest BCUT2D eigenvalue weighted by Crippen LogP contribution is -2.37. The van der Waals surface area contributed by atoms with Gasteiger partial charge in [-0.25, -0.2) is 0 Å². The van der Waals surface area contributed by atoms with Crippen LogP contribution in [0.4, 0.5) is 0 Å². The number of aryl methyl sites for hydroxylation is 1. The van der Waals surface area contributed by atoms with Crippen molar-refractivity contribution in [2.24, 2.45) is 5.41 Å². The van der Waals surface area contributed by atoms with Gasteiger partial charge >= 0.3 is 0 Å². The fourth-order valence-corrected chi connectivity index (χ4v) is 4.30. The zero-order valence-electron chi connectivity index (χ0n) is 12.7. The molecule has 1 spiro atoms. The van der Waals surface area contributed by atoms with Crippen LogP contribution in [-0.2, 0) is 6.42 Å². The van der Waals surface area contributed by atoms with Crippen LogP contribution in [-0.4, -0.2) is 12.6 Å². The smallest absolute Gasteiger partial charge is 0.00674 e. The summed E-state index contributed by atoms with van der Waals surface area (Å²) in [5.74, 6) is 0. The van der Waals surface area contributed by atoms with Crippen LogP contribution >= 0.6 is 0 Å². The summed E-state index contributed by atoms with van der Waals surface area (Å²) in [6.07, 6.45) is 14.3. The van der Waals surface area contributed by atoms with Gasteiger partial charge in [0, 0.05) is 6.04 Å². The summed E-state index contributed by atoms with van der Waals surface area (Å²) in [4.78, 5) is 0. The fraction of sp³-hybridized carbons (Fsp3) is 0.684. The lowest BCUT2D eigenvalue weighted by molar-refractivity contribution is 0.168. The Morgan fingerprint density at radius 1 is 0.950 bits per heavy atom. The summed E-state index contributed by atoms with van der Waals surface area (Å²) >= 11 is 0. The second kappa shape index (κ2) is 6.76. The van der Waals surface area contributed by atoms with Gasteiger partial charge < -0.3 is 5.32 Å². The summed E-state index contributed by atoms with van der Waals surface area (Å²) < 4.78 is 0. The second-order valence-electron chi connectivity index (χ2n) is 7.02. The first-order valence-corrected chi connectivity index (χ1v) is 8.64. The van der Waals surface area contributed by atoms with Crippen molar-refractivity contribution >= 4 is 0 Å². The minimum atomic E-state index is 0.780. The molecule has 20 heavy (non-hydrogen) atoms. The summed E-state index contributed by atoms with van der Waals surface area (Å²) in [6, 6.07) is 11.7. The van der Waals surface area contributed by atoms with Gasteiger partial charge in [0.1, 0.15) is 0 Å². The van der Waals surface area contributed by atoms with E-state index in [0.717, 1.165) is 11.5 Å². The van der Waals surface area contributed by atoms with Gasteiger partial charge in [-0.05, 0) is 68.9 Å². The molecule has 0 aliphatic heterocycles. The first-order chi connectivity index (χ1) is 9.86. The molecule has 0 unspecified atom stereocenters. The third kappa shape index (κ3) is 3.63. The Labute approximate surface area is 124 Å². The minimum Gasteiger partial charge on any atom is -0.314 e. The molecule has 2 fully saturated rings. The predicted molar refractivity (Wildman–Crippen MR) is 85.9 cm³/mol. The largest absolute Gasteiger partial charge is 0.314 e. The van der Waals surface area contributed by atoms with E-state index >= 15 is 0 Å². The van der Waals surface area contributed by atoms with Crippen LogP contribution in [0.15, 0.2) is 30.3 Å². The number of rotatable bonds is 5. The number of hydrogen-bond donors (Lipinski definition) is 1. The van der Waals surface area contributed by atoms with Gasteiger partial charge in [-0.3, -0.25) is 0 Å². The standard InChI is InChI=1S/C19H29N/c1-2-7-17(8-3-1)9-6-16-20-18-10-14-19(15-11-18)12-4-5-13-19/h1-3,7-8,18,20H,4-6,9-16H2. The Bertz CT molecular complexity index is 381. The first-order valence-electron chi connectivity index (χ1n) is 8.64. The van der Waals surface area contributed by atoms with Crippen LogP contribution in [0.25, 0.3) is 0 Å². The van der Waals surface area contributed by atoms with E-state index in [2.05, 4.69) is 35.6 Å². The average Bonchev–Trinajstić information content (AvgIpc) is 2.95. The molecular weight excluding hydrogens is 242 g/mol. The third-order valence-electron chi connectivity index (χ3n) is 5.63. The van der Waals surface area contributed by atoms with E-state index in [1.54, 1.807) is 0 Å². The van der Waals surface area contributed by atoms with E-state index in [9.17, 15) is 0 Å². The van der Waals surface area contributed by atoms with Crippen molar-refractivity contribution < 1.29 is 0 Å². The second-order valence-corrected chi connectivity index (χ2v) is 7.02. The first kappa shape index (κ1) is 14.1. The Morgan fingerprint density at radius 2 is 1.65 bits per heavy atom. The molecule has 1 aromatic carbocycles. The number of benzene rings is 1. The molecule has 0 saturated heterocycles. The summed E-state index contributed by atoms with van der Waals surface area (Å²) in [7, 11) is 0. The van der Waals surface area contributed by atoms with Gasteiger partial charge in [0.25, 0.3) is 0 Å². The maximum absolute atomic E-state index is 3.80. The summed E-state index contributed by atoms with van der Waals surface area (Å²) in [5, 5.41) is 3.80. The van der Waals surface area contributed by atoms with E-state index in [1.807, 2.05) is 0 Å².